The molecule has 0 amide bonds. The third-order valence-corrected chi connectivity index (χ3v) is 0.982. The number of aromatic nitrogens is 2. The number of nitrogens with two attached hydrogens (primary N) is 1. The van der Waals surface area contributed by atoms with Gasteiger partial charge in [-0.15, -0.1) is 0 Å². The molecule has 0 fully saturated rings. The Balaban J connectivity index is 3.00. The van der Waals surface area contributed by atoms with Crippen molar-refractivity contribution < 1.29 is 0 Å². The van der Waals surface area contributed by atoms with Gasteiger partial charge in [0.2, 0.25) is 0 Å². The van der Waals surface area contributed by atoms with Crippen LogP contribution in [-0.2, 0) is 0 Å². The van der Waals surface area contributed by atoms with Crippen molar-refractivity contribution in [1.82, 2.24) is 9.97 Å². The van der Waals surface area contributed by atoms with Crippen LogP contribution in [0.3, 0.4) is 0 Å². The molecule has 0 aliphatic rings. The van der Waals surface area contributed by atoms with Crippen LogP contribution in [0.2, 0.25) is 0 Å². The standard InChI is InChI=1S/C6H7N3O/c7-2-1-5-3-8-6(10)9-4-5/h1-4H,7H2,(H,8,9,10). The van der Waals surface area contributed by atoms with E-state index in [0.29, 0.717) is 0 Å². The molecule has 1 aromatic rings. The minimum Gasteiger partial charge on any atom is -0.405 e. The number of nitrogens with zero attached hydrogens (tertiary/aromatic N) is 1. The molecule has 0 aliphatic carbocycles. The summed E-state index contributed by atoms with van der Waals surface area (Å²) in [5.41, 5.74) is 5.53. The van der Waals surface area contributed by atoms with Crippen molar-refractivity contribution in [3.05, 3.63) is 34.6 Å². The van der Waals surface area contributed by atoms with Crippen LogP contribution < -0.4 is 11.4 Å². The van der Waals surface area contributed by atoms with Crippen LogP contribution in [0.4, 0.5) is 0 Å². The molecule has 0 saturated heterocycles. The van der Waals surface area contributed by atoms with Crippen molar-refractivity contribution in [2.45, 2.75) is 0 Å². The predicted molar refractivity (Wildman–Crippen MR) is 38.1 cm³/mol. The summed E-state index contributed by atoms with van der Waals surface area (Å²) in [4.78, 5) is 16.3. The maximum absolute atomic E-state index is 10.4. The van der Waals surface area contributed by atoms with Gasteiger partial charge in [0.15, 0.2) is 0 Å². The SMILES string of the molecule is NC=Cc1cnc(=O)[nH]c1. The normalized spacial score (nSPS) is 10.4. The van der Waals surface area contributed by atoms with Crippen molar-refractivity contribution in [2.24, 2.45) is 5.73 Å². The van der Waals surface area contributed by atoms with E-state index in [1.165, 1.54) is 12.4 Å². The average Bonchev–Trinajstić information content (AvgIpc) is 1.95. The number of hydrogen-bond donors (Lipinski definition) is 2. The molecule has 0 aliphatic heterocycles. The van der Waals surface area contributed by atoms with Gasteiger partial charge in [-0.1, -0.05) is 0 Å². The fourth-order valence-electron chi connectivity index (χ4n) is 0.555. The third kappa shape index (κ3) is 1.45. The molecule has 52 valence electrons. The number of rotatable bonds is 1. The van der Waals surface area contributed by atoms with Gasteiger partial charge in [0, 0.05) is 18.0 Å². The Morgan fingerprint density at radius 2 is 2.50 bits per heavy atom. The van der Waals surface area contributed by atoms with E-state index in [4.69, 9.17) is 5.73 Å². The Kier molecular flexibility index (Phi) is 1.84. The molecule has 1 heterocycles. The van der Waals surface area contributed by atoms with Gasteiger partial charge in [0.25, 0.3) is 0 Å². The fourth-order valence-corrected chi connectivity index (χ4v) is 0.555. The molecular formula is C6H7N3O. The van der Waals surface area contributed by atoms with E-state index in [0.717, 1.165) is 5.56 Å². The van der Waals surface area contributed by atoms with Crippen molar-refractivity contribution in [3.63, 3.8) is 0 Å². The monoisotopic (exact) mass is 137 g/mol. The first kappa shape index (κ1) is 6.54. The summed E-state index contributed by atoms with van der Waals surface area (Å²) >= 11 is 0. The molecule has 0 spiro atoms. The highest BCUT2D eigenvalue weighted by molar-refractivity contribution is 5.45. The van der Waals surface area contributed by atoms with Gasteiger partial charge in [0.1, 0.15) is 0 Å². The molecule has 4 heteroatoms. The lowest BCUT2D eigenvalue weighted by molar-refractivity contribution is 1.07. The van der Waals surface area contributed by atoms with E-state index in [2.05, 4.69) is 9.97 Å². The van der Waals surface area contributed by atoms with E-state index in [1.54, 1.807) is 12.3 Å². The largest absolute Gasteiger partial charge is 0.405 e. The van der Waals surface area contributed by atoms with Crippen LogP contribution in [0.5, 0.6) is 0 Å². The zero-order valence-electron chi connectivity index (χ0n) is 5.24. The van der Waals surface area contributed by atoms with Gasteiger partial charge in [0.05, 0.1) is 0 Å². The molecule has 0 radical (unpaired) electrons. The zero-order valence-corrected chi connectivity index (χ0v) is 5.24. The van der Waals surface area contributed by atoms with E-state index in [9.17, 15) is 4.79 Å². The molecule has 1 aromatic heterocycles. The predicted octanol–water partition coefficient (Wildman–Crippen LogP) is -0.301. The second-order valence-corrected chi connectivity index (χ2v) is 1.71. The van der Waals surface area contributed by atoms with Crippen LogP contribution in [0, 0.1) is 0 Å². The van der Waals surface area contributed by atoms with Gasteiger partial charge in [-0.2, -0.15) is 0 Å². The van der Waals surface area contributed by atoms with Gasteiger partial charge in [-0.3, -0.25) is 0 Å². The number of H-pyrrole nitrogens is 1. The molecule has 1 rings (SSSR count). The maximum Gasteiger partial charge on any atom is 0.344 e. The minimum atomic E-state index is -0.353. The van der Waals surface area contributed by atoms with Crippen molar-refractivity contribution >= 4 is 6.08 Å². The van der Waals surface area contributed by atoms with E-state index in [1.807, 2.05) is 0 Å². The molecule has 4 nitrogen and oxygen atoms in total. The zero-order chi connectivity index (χ0) is 7.40. The number of aromatic amines is 1. The van der Waals surface area contributed by atoms with Crippen LogP contribution >= 0.6 is 0 Å². The lowest BCUT2D eigenvalue weighted by Gasteiger charge is -1.86. The van der Waals surface area contributed by atoms with Gasteiger partial charge in [-0.05, 0) is 12.3 Å². The van der Waals surface area contributed by atoms with Gasteiger partial charge >= 0.3 is 5.69 Å². The molecule has 0 unspecified atom stereocenters. The van der Waals surface area contributed by atoms with E-state index in [-0.39, 0.29) is 5.69 Å². The highest BCUT2D eigenvalue weighted by atomic mass is 16.1. The highest BCUT2D eigenvalue weighted by Gasteiger charge is 1.84. The Hall–Kier alpha value is -1.58. The minimum absolute atomic E-state index is 0.353. The van der Waals surface area contributed by atoms with Crippen molar-refractivity contribution in [1.29, 1.82) is 0 Å². The third-order valence-electron chi connectivity index (χ3n) is 0.982. The van der Waals surface area contributed by atoms with E-state index >= 15 is 0 Å². The first-order valence-corrected chi connectivity index (χ1v) is 2.76. The molecule has 3 N–H and O–H groups in total. The molecular weight excluding hydrogens is 130 g/mol. The van der Waals surface area contributed by atoms with Crippen molar-refractivity contribution in [2.75, 3.05) is 0 Å². The van der Waals surface area contributed by atoms with Gasteiger partial charge in [-0.25, -0.2) is 9.78 Å². The Bertz CT molecular complexity index is 269. The summed E-state index contributed by atoms with van der Waals surface area (Å²) in [7, 11) is 0. The van der Waals surface area contributed by atoms with Crippen LogP contribution in [-0.4, -0.2) is 9.97 Å². The second kappa shape index (κ2) is 2.82. The average molecular weight is 137 g/mol. The van der Waals surface area contributed by atoms with Gasteiger partial charge < -0.3 is 10.7 Å². The molecule has 0 aromatic carbocycles. The molecule has 0 saturated carbocycles. The Morgan fingerprint density at radius 3 is 3.00 bits per heavy atom. The highest BCUT2D eigenvalue weighted by Crippen LogP contribution is 1.91. The summed E-state index contributed by atoms with van der Waals surface area (Å²) in [5.74, 6) is 0. The summed E-state index contributed by atoms with van der Waals surface area (Å²) < 4.78 is 0. The van der Waals surface area contributed by atoms with Crippen LogP contribution in [0.15, 0.2) is 23.4 Å². The maximum atomic E-state index is 10.4. The first-order chi connectivity index (χ1) is 4.83. The van der Waals surface area contributed by atoms with Crippen LogP contribution in [0.25, 0.3) is 6.08 Å². The summed E-state index contributed by atoms with van der Waals surface area (Å²) in [6.07, 6.45) is 6.01. The van der Waals surface area contributed by atoms with E-state index < -0.39 is 0 Å². The topological polar surface area (TPSA) is 71.8 Å². The lowest BCUT2D eigenvalue weighted by atomic mass is 10.3. The fraction of sp³-hybridized carbons (Fsp3) is 0. The molecule has 10 heavy (non-hydrogen) atoms. The quantitative estimate of drug-likeness (QED) is 0.558. The Morgan fingerprint density at radius 1 is 1.70 bits per heavy atom. The second-order valence-electron chi connectivity index (χ2n) is 1.71. The van der Waals surface area contributed by atoms with Crippen LogP contribution in [0.1, 0.15) is 5.56 Å². The number of hydrogen-bond acceptors (Lipinski definition) is 3. The lowest BCUT2D eigenvalue weighted by Crippen LogP contribution is -2.07. The molecule has 0 bridgehead atoms. The molecule has 0 atom stereocenters. The number of nitrogens with one attached hydrogen (secondary N) is 1. The Labute approximate surface area is 57.4 Å². The summed E-state index contributed by atoms with van der Waals surface area (Å²) in [5, 5.41) is 0. The summed E-state index contributed by atoms with van der Waals surface area (Å²) in [6, 6.07) is 0. The summed E-state index contributed by atoms with van der Waals surface area (Å²) in [6.45, 7) is 0. The van der Waals surface area contributed by atoms with Crippen molar-refractivity contribution in [3.8, 4) is 0 Å². The smallest absolute Gasteiger partial charge is 0.344 e. The first-order valence-electron chi connectivity index (χ1n) is 2.76.